The van der Waals surface area contributed by atoms with Gasteiger partial charge in [-0.05, 0) is 6.07 Å². The van der Waals surface area contributed by atoms with E-state index in [1.807, 2.05) is 0 Å². The van der Waals surface area contributed by atoms with E-state index in [1.54, 1.807) is 0 Å². The number of nitrogen functional groups attached to an aromatic ring is 1. The molecule has 0 aliphatic heterocycles. The topological polar surface area (TPSA) is 35.2 Å². The van der Waals surface area contributed by atoms with Crippen LogP contribution in [0.25, 0.3) is 0 Å². The van der Waals surface area contributed by atoms with Gasteiger partial charge in [-0.15, -0.1) is 24.8 Å². The lowest BCUT2D eigenvalue weighted by Crippen LogP contribution is -2.19. The minimum Gasteiger partial charge on any atom is -0.403 e. The van der Waals surface area contributed by atoms with E-state index >= 15 is 0 Å². The van der Waals surface area contributed by atoms with Crippen molar-refractivity contribution in [1.29, 1.82) is 0 Å². The lowest BCUT2D eigenvalue weighted by molar-refractivity contribution is -0.274. The summed E-state index contributed by atoms with van der Waals surface area (Å²) in [6.07, 6.45) is -4.88. The van der Waals surface area contributed by atoms with Gasteiger partial charge in [-0.3, -0.25) is 0 Å². The Labute approximate surface area is 87.6 Å². The summed E-state index contributed by atoms with van der Waals surface area (Å²) in [5.41, 5.74) is 4.59. The fourth-order valence-electron chi connectivity index (χ4n) is 1.01. The van der Waals surface area contributed by atoms with Crippen LogP contribution in [0.4, 0.5) is 23.2 Å². The predicted octanol–water partition coefficient (Wildman–Crippen LogP) is 3.05. The first kappa shape index (κ1) is 11.9. The summed E-state index contributed by atoms with van der Waals surface area (Å²) in [7, 11) is 0. The van der Waals surface area contributed by atoms with Gasteiger partial charge in [0.2, 0.25) is 0 Å². The van der Waals surface area contributed by atoms with Crippen molar-refractivity contribution in [3.8, 4) is 5.75 Å². The van der Waals surface area contributed by atoms with Gasteiger partial charge >= 0.3 is 6.36 Å². The Morgan fingerprint density at radius 3 is 2.40 bits per heavy atom. The van der Waals surface area contributed by atoms with E-state index in [0.717, 1.165) is 12.1 Å². The van der Waals surface area contributed by atoms with Crippen LogP contribution in [0.1, 0.15) is 5.56 Å². The molecule has 0 aromatic heterocycles. The highest BCUT2D eigenvalue weighted by molar-refractivity contribution is 6.17. The molecule has 2 N–H and O–H groups in total. The largest absolute Gasteiger partial charge is 0.573 e. The maximum absolute atomic E-state index is 12.8. The molecule has 0 atom stereocenters. The minimum atomic E-state index is -4.88. The Morgan fingerprint density at radius 1 is 1.33 bits per heavy atom. The van der Waals surface area contributed by atoms with Crippen LogP contribution in [0, 0.1) is 5.82 Å². The molecule has 0 fully saturated rings. The zero-order valence-electron chi connectivity index (χ0n) is 7.24. The lowest BCUT2D eigenvalue weighted by atomic mass is 10.2. The third kappa shape index (κ3) is 3.16. The third-order valence-electron chi connectivity index (χ3n) is 1.52. The summed E-state index contributed by atoms with van der Waals surface area (Å²) >= 11 is 5.34. The van der Waals surface area contributed by atoms with Crippen molar-refractivity contribution in [2.75, 3.05) is 5.73 Å². The van der Waals surface area contributed by atoms with Gasteiger partial charge < -0.3 is 10.5 Å². The molecular formula is C8H6ClF4NO. The number of alkyl halides is 4. The van der Waals surface area contributed by atoms with Gasteiger partial charge in [-0.25, -0.2) is 4.39 Å². The first-order valence-corrected chi connectivity index (χ1v) is 4.26. The smallest absolute Gasteiger partial charge is 0.403 e. The zero-order chi connectivity index (χ0) is 11.6. The standard InChI is InChI=1S/C8H6ClF4NO/c9-3-4-1-5(10)2-6(14)7(4)15-8(11,12)13/h1-2H,3,14H2. The summed E-state index contributed by atoms with van der Waals surface area (Å²) < 4.78 is 52.2. The van der Waals surface area contributed by atoms with E-state index in [-0.39, 0.29) is 11.4 Å². The molecule has 1 rings (SSSR count). The Kier molecular flexibility index (Phi) is 3.28. The quantitative estimate of drug-likeness (QED) is 0.492. The zero-order valence-corrected chi connectivity index (χ0v) is 7.99. The number of hydrogen-bond acceptors (Lipinski definition) is 2. The van der Waals surface area contributed by atoms with E-state index < -0.39 is 23.6 Å². The number of benzene rings is 1. The SMILES string of the molecule is Nc1cc(F)cc(CCl)c1OC(F)(F)F. The molecule has 15 heavy (non-hydrogen) atoms. The van der Waals surface area contributed by atoms with Crippen LogP contribution in [-0.2, 0) is 5.88 Å². The van der Waals surface area contributed by atoms with Gasteiger partial charge in [0.25, 0.3) is 0 Å². The molecule has 7 heteroatoms. The fourth-order valence-corrected chi connectivity index (χ4v) is 1.21. The number of ether oxygens (including phenoxy) is 1. The van der Waals surface area contributed by atoms with Crippen LogP contribution in [-0.4, -0.2) is 6.36 Å². The summed E-state index contributed by atoms with van der Waals surface area (Å²) in [6.45, 7) is 0. The molecular weight excluding hydrogens is 238 g/mol. The van der Waals surface area contributed by atoms with Crippen molar-refractivity contribution >= 4 is 17.3 Å². The highest BCUT2D eigenvalue weighted by atomic mass is 35.5. The van der Waals surface area contributed by atoms with Gasteiger partial charge in [0.1, 0.15) is 5.82 Å². The Bertz CT molecular complexity index is 366. The number of hydrogen-bond donors (Lipinski definition) is 1. The Hall–Kier alpha value is -1.17. The van der Waals surface area contributed by atoms with Gasteiger partial charge in [-0.1, -0.05) is 0 Å². The second kappa shape index (κ2) is 4.14. The number of rotatable bonds is 2. The molecule has 0 radical (unpaired) electrons. The Morgan fingerprint density at radius 2 is 1.93 bits per heavy atom. The average molecular weight is 244 g/mol. The number of nitrogens with two attached hydrogens (primary N) is 1. The van der Waals surface area contributed by atoms with E-state index in [2.05, 4.69) is 4.74 Å². The Balaban J connectivity index is 3.15. The number of halogens is 5. The van der Waals surface area contributed by atoms with Crippen molar-refractivity contribution in [3.63, 3.8) is 0 Å². The van der Waals surface area contributed by atoms with E-state index in [1.165, 1.54) is 0 Å². The summed E-state index contributed by atoms with van der Waals surface area (Å²) in [4.78, 5) is 0. The minimum absolute atomic E-state index is 0.147. The molecule has 0 amide bonds. The first-order valence-electron chi connectivity index (χ1n) is 3.73. The molecule has 84 valence electrons. The van der Waals surface area contributed by atoms with Crippen LogP contribution in [0.5, 0.6) is 5.75 Å². The summed E-state index contributed by atoms with van der Waals surface area (Å²) in [5.74, 6) is -1.75. The average Bonchev–Trinajstić information content (AvgIpc) is 2.07. The predicted molar refractivity (Wildman–Crippen MR) is 47.1 cm³/mol. The monoisotopic (exact) mass is 243 g/mol. The van der Waals surface area contributed by atoms with Crippen LogP contribution in [0.2, 0.25) is 0 Å². The van der Waals surface area contributed by atoms with Crippen molar-refractivity contribution in [2.45, 2.75) is 12.2 Å². The maximum atomic E-state index is 12.8. The molecule has 0 spiro atoms. The molecule has 0 bridgehead atoms. The van der Waals surface area contributed by atoms with Gasteiger partial charge in [0, 0.05) is 11.6 Å². The van der Waals surface area contributed by atoms with E-state index in [0.29, 0.717) is 0 Å². The molecule has 1 aromatic carbocycles. The molecule has 2 nitrogen and oxygen atoms in total. The number of anilines is 1. The molecule has 0 aliphatic carbocycles. The highest BCUT2D eigenvalue weighted by Crippen LogP contribution is 2.33. The van der Waals surface area contributed by atoms with E-state index in [9.17, 15) is 17.6 Å². The summed E-state index contributed by atoms with van der Waals surface area (Å²) in [5, 5.41) is 0. The van der Waals surface area contributed by atoms with Crippen molar-refractivity contribution in [1.82, 2.24) is 0 Å². The van der Waals surface area contributed by atoms with Crippen molar-refractivity contribution < 1.29 is 22.3 Å². The van der Waals surface area contributed by atoms with E-state index in [4.69, 9.17) is 17.3 Å². The van der Waals surface area contributed by atoms with Crippen LogP contribution < -0.4 is 10.5 Å². The highest BCUT2D eigenvalue weighted by Gasteiger charge is 2.33. The normalized spacial score (nSPS) is 11.5. The molecule has 0 saturated heterocycles. The van der Waals surface area contributed by atoms with Crippen LogP contribution in [0.3, 0.4) is 0 Å². The molecule has 0 unspecified atom stereocenters. The van der Waals surface area contributed by atoms with Gasteiger partial charge in [0.05, 0.1) is 11.6 Å². The van der Waals surface area contributed by atoms with Gasteiger partial charge in [-0.2, -0.15) is 0 Å². The van der Waals surface area contributed by atoms with Gasteiger partial charge in [0.15, 0.2) is 5.75 Å². The van der Waals surface area contributed by atoms with Crippen LogP contribution >= 0.6 is 11.6 Å². The van der Waals surface area contributed by atoms with Crippen molar-refractivity contribution in [3.05, 3.63) is 23.5 Å². The molecule has 0 saturated carbocycles. The van der Waals surface area contributed by atoms with Crippen LogP contribution in [0.15, 0.2) is 12.1 Å². The summed E-state index contributed by atoms with van der Waals surface area (Å²) in [6, 6.07) is 1.57. The third-order valence-corrected chi connectivity index (χ3v) is 1.81. The second-order valence-corrected chi connectivity index (χ2v) is 2.93. The maximum Gasteiger partial charge on any atom is 0.573 e. The fraction of sp³-hybridized carbons (Fsp3) is 0.250. The molecule has 0 heterocycles. The lowest BCUT2D eigenvalue weighted by Gasteiger charge is -2.14. The van der Waals surface area contributed by atoms with Crippen molar-refractivity contribution in [2.24, 2.45) is 0 Å². The second-order valence-electron chi connectivity index (χ2n) is 2.66. The molecule has 1 aromatic rings. The first-order chi connectivity index (χ1) is 6.83. The molecule has 0 aliphatic rings.